The van der Waals surface area contributed by atoms with Gasteiger partial charge in [-0.1, -0.05) is 19.1 Å². The first kappa shape index (κ1) is 14.2. The second-order valence-electron chi connectivity index (χ2n) is 4.21. The number of hydrogen-bond donors (Lipinski definition) is 1. The maximum Gasteiger partial charge on any atom is 0.241 e. The van der Waals surface area contributed by atoms with Crippen LogP contribution in [0.4, 0.5) is 0 Å². The fourth-order valence-electron chi connectivity index (χ4n) is 1.75. The highest BCUT2D eigenvalue weighted by molar-refractivity contribution is 7.89. The lowest BCUT2D eigenvalue weighted by molar-refractivity contribution is 0.580. The summed E-state index contributed by atoms with van der Waals surface area (Å²) in [4.78, 5) is 4.24. The minimum absolute atomic E-state index is 0.202. The zero-order chi connectivity index (χ0) is 13.9. The van der Waals surface area contributed by atoms with Gasteiger partial charge in [0, 0.05) is 35.1 Å². The molecule has 102 valence electrons. The molecule has 2 rings (SSSR count). The van der Waals surface area contributed by atoms with Crippen LogP contribution >= 0.6 is 11.6 Å². The molecule has 0 aliphatic heterocycles. The number of hydrogen-bond acceptors (Lipinski definition) is 3. The van der Waals surface area contributed by atoms with Crippen molar-refractivity contribution in [3.8, 4) is 0 Å². The first-order chi connectivity index (χ1) is 9.04. The Kier molecular flexibility index (Phi) is 4.39. The number of aromatic nitrogens is 1. The fraction of sp³-hybridized carbons (Fsp3) is 0.308. The minimum Gasteiger partial charge on any atom is -0.264 e. The Morgan fingerprint density at radius 2 is 2.16 bits per heavy atom. The van der Waals surface area contributed by atoms with Crippen molar-refractivity contribution >= 4 is 32.4 Å². The second kappa shape index (κ2) is 5.86. The van der Waals surface area contributed by atoms with Crippen LogP contribution in [0.5, 0.6) is 0 Å². The Labute approximate surface area is 117 Å². The maximum absolute atomic E-state index is 12.3. The van der Waals surface area contributed by atoms with Gasteiger partial charge in [0.2, 0.25) is 10.0 Å². The molecule has 0 spiro atoms. The quantitative estimate of drug-likeness (QED) is 0.863. The fourth-order valence-corrected chi connectivity index (χ4v) is 3.23. The van der Waals surface area contributed by atoms with Crippen molar-refractivity contribution in [1.29, 1.82) is 0 Å². The van der Waals surface area contributed by atoms with Gasteiger partial charge in [-0.25, -0.2) is 13.1 Å². The van der Waals surface area contributed by atoms with E-state index in [0.29, 0.717) is 11.8 Å². The number of benzene rings is 1. The van der Waals surface area contributed by atoms with E-state index in [1.165, 1.54) is 0 Å². The lowest BCUT2D eigenvalue weighted by Gasteiger charge is -2.11. The van der Waals surface area contributed by atoms with Gasteiger partial charge in [-0.2, -0.15) is 0 Å². The molecule has 1 atom stereocenters. The van der Waals surface area contributed by atoms with Crippen LogP contribution in [-0.2, 0) is 10.0 Å². The van der Waals surface area contributed by atoms with Crippen molar-refractivity contribution in [2.24, 2.45) is 0 Å². The monoisotopic (exact) mass is 298 g/mol. The molecule has 6 heteroatoms. The van der Waals surface area contributed by atoms with Crippen LogP contribution in [0.2, 0.25) is 0 Å². The number of rotatable bonds is 5. The zero-order valence-corrected chi connectivity index (χ0v) is 12.1. The second-order valence-corrected chi connectivity index (χ2v) is 6.56. The molecule has 0 fully saturated rings. The van der Waals surface area contributed by atoms with E-state index < -0.39 is 10.0 Å². The molecule has 19 heavy (non-hydrogen) atoms. The minimum atomic E-state index is -3.55. The van der Waals surface area contributed by atoms with Crippen LogP contribution in [0, 0.1) is 0 Å². The number of alkyl halides is 1. The van der Waals surface area contributed by atoms with Crippen LogP contribution in [0.1, 0.15) is 13.3 Å². The normalized spacial score (nSPS) is 13.6. The van der Waals surface area contributed by atoms with Gasteiger partial charge in [0.1, 0.15) is 0 Å². The van der Waals surface area contributed by atoms with Gasteiger partial charge >= 0.3 is 0 Å². The third kappa shape index (κ3) is 3.23. The summed E-state index contributed by atoms with van der Waals surface area (Å²) < 4.78 is 27.1. The topological polar surface area (TPSA) is 59.1 Å². The van der Waals surface area contributed by atoms with E-state index >= 15 is 0 Å². The van der Waals surface area contributed by atoms with Crippen molar-refractivity contribution in [2.45, 2.75) is 23.6 Å². The Hall–Kier alpha value is -1.17. The summed E-state index contributed by atoms with van der Waals surface area (Å²) in [5, 5.41) is 1.25. The highest BCUT2D eigenvalue weighted by atomic mass is 35.5. The molecule has 1 unspecified atom stereocenters. The molecule has 1 heterocycles. The molecule has 1 aromatic carbocycles. The Balaban J connectivity index is 2.38. The van der Waals surface area contributed by atoms with Gasteiger partial charge in [-0.3, -0.25) is 4.98 Å². The molecule has 0 aliphatic rings. The highest BCUT2D eigenvalue weighted by Gasteiger charge is 2.17. The first-order valence-electron chi connectivity index (χ1n) is 6.01. The van der Waals surface area contributed by atoms with E-state index in [-0.39, 0.29) is 16.8 Å². The average Bonchev–Trinajstić information content (AvgIpc) is 2.44. The summed E-state index contributed by atoms with van der Waals surface area (Å²) in [7, 11) is -3.55. The Morgan fingerprint density at radius 1 is 1.37 bits per heavy atom. The van der Waals surface area contributed by atoms with Crippen molar-refractivity contribution in [3.05, 3.63) is 36.7 Å². The van der Waals surface area contributed by atoms with Gasteiger partial charge in [0.25, 0.3) is 0 Å². The molecular weight excluding hydrogens is 284 g/mol. The molecule has 0 saturated carbocycles. The van der Waals surface area contributed by atoms with E-state index in [4.69, 9.17) is 11.6 Å². The standard InChI is InChI=1S/C13H15ClN2O2S/c1-2-11(14)9-16-19(17,18)13-5-3-4-10-8-15-7-6-12(10)13/h3-8,11,16H,2,9H2,1H3. The predicted molar refractivity (Wildman–Crippen MR) is 76.9 cm³/mol. The van der Waals surface area contributed by atoms with Crippen molar-refractivity contribution in [2.75, 3.05) is 6.54 Å². The van der Waals surface area contributed by atoms with Gasteiger partial charge < -0.3 is 0 Å². The summed E-state index contributed by atoms with van der Waals surface area (Å²) in [6, 6.07) is 6.82. The van der Waals surface area contributed by atoms with Crippen LogP contribution < -0.4 is 4.72 Å². The molecule has 4 nitrogen and oxygen atoms in total. The molecule has 0 radical (unpaired) electrons. The molecule has 1 N–H and O–H groups in total. The average molecular weight is 299 g/mol. The number of halogens is 1. The Bertz CT molecular complexity index is 668. The summed E-state index contributed by atoms with van der Waals surface area (Å²) >= 11 is 5.94. The van der Waals surface area contributed by atoms with Gasteiger partial charge in [-0.05, 0) is 18.6 Å². The summed E-state index contributed by atoms with van der Waals surface area (Å²) in [5.41, 5.74) is 0. The van der Waals surface area contributed by atoms with Crippen LogP contribution in [-0.4, -0.2) is 25.3 Å². The number of pyridine rings is 1. The molecule has 0 aliphatic carbocycles. The third-order valence-corrected chi connectivity index (χ3v) is 4.81. The molecule has 2 aromatic rings. The highest BCUT2D eigenvalue weighted by Crippen LogP contribution is 2.21. The molecule has 0 amide bonds. The molecule has 1 aromatic heterocycles. The predicted octanol–water partition coefficient (Wildman–Crippen LogP) is 2.53. The number of sulfonamides is 1. The summed E-state index contributed by atoms with van der Waals surface area (Å²) in [5.74, 6) is 0. The smallest absolute Gasteiger partial charge is 0.241 e. The van der Waals surface area contributed by atoms with Crippen LogP contribution in [0.3, 0.4) is 0 Å². The van der Waals surface area contributed by atoms with E-state index in [9.17, 15) is 8.42 Å². The summed E-state index contributed by atoms with van der Waals surface area (Å²) in [6.07, 6.45) is 3.94. The SMILES string of the molecule is CCC(Cl)CNS(=O)(=O)c1cccc2cnccc12. The van der Waals surface area contributed by atoms with Gasteiger partial charge in [0.15, 0.2) is 0 Å². The lowest BCUT2D eigenvalue weighted by atomic mass is 10.2. The summed E-state index contributed by atoms with van der Waals surface area (Å²) in [6.45, 7) is 2.14. The van der Waals surface area contributed by atoms with Crippen molar-refractivity contribution < 1.29 is 8.42 Å². The van der Waals surface area contributed by atoms with Crippen LogP contribution in [0.15, 0.2) is 41.6 Å². The molecule has 0 saturated heterocycles. The first-order valence-corrected chi connectivity index (χ1v) is 7.93. The van der Waals surface area contributed by atoms with E-state index in [2.05, 4.69) is 9.71 Å². The third-order valence-electron chi connectivity index (χ3n) is 2.87. The number of fused-ring (bicyclic) bond motifs is 1. The number of nitrogens with one attached hydrogen (secondary N) is 1. The van der Waals surface area contributed by atoms with Gasteiger partial charge in [0.05, 0.1) is 4.90 Å². The van der Waals surface area contributed by atoms with Crippen LogP contribution in [0.25, 0.3) is 10.8 Å². The zero-order valence-electron chi connectivity index (χ0n) is 10.5. The lowest BCUT2D eigenvalue weighted by Crippen LogP contribution is -2.29. The van der Waals surface area contributed by atoms with Gasteiger partial charge in [-0.15, -0.1) is 11.6 Å². The van der Waals surface area contributed by atoms with E-state index in [1.807, 2.05) is 13.0 Å². The number of nitrogens with zero attached hydrogens (tertiary/aromatic N) is 1. The van der Waals surface area contributed by atoms with E-state index in [0.717, 1.165) is 5.39 Å². The van der Waals surface area contributed by atoms with Crippen molar-refractivity contribution in [3.63, 3.8) is 0 Å². The Morgan fingerprint density at radius 3 is 2.89 bits per heavy atom. The maximum atomic E-state index is 12.3. The van der Waals surface area contributed by atoms with E-state index in [1.54, 1.807) is 30.6 Å². The van der Waals surface area contributed by atoms with Crippen molar-refractivity contribution in [1.82, 2.24) is 9.71 Å². The molecule has 0 bridgehead atoms. The molecular formula is C13H15ClN2O2S. The largest absolute Gasteiger partial charge is 0.264 e.